The van der Waals surface area contributed by atoms with Gasteiger partial charge in [-0.3, -0.25) is 23.9 Å². The molecule has 0 N–H and O–H groups in total. The molecule has 0 bridgehead atoms. The quantitative estimate of drug-likeness (QED) is 0.495. The summed E-state index contributed by atoms with van der Waals surface area (Å²) < 4.78 is 6.96. The summed E-state index contributed by atoms with van der Waals surface area (Å²) in [4.78, 5) is 49.0. The summed E-state index contributed by atoms with van der Waals surface area (Å²) in [5.41, 5.74) is 1.68. The highest BCUT2D eigenvalue weighted by Crippen LogP contribution is 2.32. The number of hydrogen-bond donors (Lipinski definition) is 0. The number of ether oxygens (including phenoxy) is 1. The molecule has 9 heteroatoms. The zero-order valence-electron chi connectivity index (χ0n) is 19.6. The van der Waals surface area contributed by atoms with Crippen LogP contribution in [0.5, 0.6) is 5.75 Å². The number of thiophene rings is 1. The number of carbonyl (C=O) groups excluding carboxylic acids is 2. The van der Waals surface area contributed by atoms with Crippen molar-refractivity contribution in [3.05, 3.63) is 50.4 Å². The summed E-state index contributed by atoms with van der Waals surface area (Å²) in [6.07, 6.45) is 0. The lowest BCUT2D eigenvalue weighted by atomic mass is 10.1. The van der Waals surface area contributed by atoms with Crippen molar-refractivity contribution in [3.63, 3.8) is 0 Å². The number of ketones is 1. The van der Waals surface area contributed by atoms with E-state index in [1.54, 1.807) is 25.2 Å². The van der Waals surface area contributed by atoms with Crippen molar-refractivity contribution >= 4 is 38.9 Å². The van der Waals surface area contributed by atoms with Gasteiger partial charge in [0.2, 0.25) is 0 Å². The largest absolute Gasteiger partial charge is 0.482 e. The minimum atomic E-state index is -0.224. The van der Waals surface area contributed by atoms with E-state index in [9.17, 15) is 14.4 Å². The number of aryl methyl sites for hydroxylation is 2. The predicted molar refractivity (Wildman–Crippen MR) is 130 cm³/mol. The maximum atomic E-state index is 13.5. The summed E-state index contributed by atoms with van der Waals surface area (Å²) in [5.74, 6) is 0.737. The van der Waals surface area contributed by atoms with Crippen LogP contribution in [0.4, 0.5) is 5.69 Å². The number of Topliss-reactive ketones (excluding diaryl/α,β-unsaturated/α-hetero) is 1. The van der Waals surface area contributed by atoms with Crippen molar-refractivity contribution in [2.75, 3.05) is 31.6 Å². The maximum absolute atomic E-state index is 13.5. The third-order valence-electron chi connectivity index (χ3n) is 6.30. The van der Waals surface area contributed by atoms with Gasteiger partial charge in [-0.2, -0.15) is 0 Å². The monoisotopic (exact) mass is 468 g/mol. The first-order valence-corrected chi connectivity index (χ1v) is 11.8. The molecular formula is C24H28N4O4S. The molecule has 4 rings (SSSR count). The fourth-order valence-corrected chi connectivity index (χ4v) is 5.02. The molecule has 0 aliphatic carbocycles. The molecule has 1 aliphatic rings. The number of anilines is 1. The number of hydrogen-bond acceptors (Lipinski definition) is 7. The Kier molecular flexibility index (Phi) is 6.36. The molecule has 33 heavy (non-hydrogen) atoms. The van der Waals surface area contributed by atoms with Crippen LogP contribution in [-0.4, -0.2) is 52.9 Å². The van der Waals surface area contributed by atoms with Gasteiger partial charge in [0.1, 0.15) is 16.4 Å². The Labute approximate surface area is 196 Å². The second kappa shape index (κ2) is 9.07. The SMILES string of the molecule is CCN(CC)Cc1nc2sc(C)c(C)c2c(=O)n1CC(=O)c1ccc2c(c1)N(C)C(=O)CO2. The number of fused-ring (bicyclic) bond motifs is 2. The average molecular weight is 469 g/mol. The minimum absolute atomic E-state index is 0.0218. The zero-order chi connectivity index (χ0) is 23.9. The van der Waals surface area contributed by atoms with E-state index >= 15 is 0 Å². The molecular weight excluding hydrogens is 440 g/mol. The Bertz CT molecular complexity index is 1310. The van der Waals surface area contributed by atoms with E-state index in [2.05, 4.69) is 18.7 Å². The zero-order valence-corrected chi connectivity index (χ0v) is 20.4. The van der Waals surface area contributed by atoms with Gasteiger partial charge in [0, 0.05) is 17.5 Å². The van der Waals surface area contributed by atoms with E-state index in [0.29, 0.717) is 39.6 Å². The van der Waals surface area contributed by atoms with E-state index in [0.717, 1.165) is 23.5 Å². The van der Waals surface area contributed by atoms with Crippen LogP contribution < -0.4 is 15.2 Å². The minimum Gasteiger partial charge on any atom is -0.482 e. The molecule has 0 spiro atoms. The first kappa shape index (κ1) is 23.1. The Morgan fingerprint density at radius 3 is 2.64 bits per heavy atom. The maximum Gasteiger partial charge on any atom is 0.264 e. The molecule has 0 atom stereocenters. The van der Waals surface area contributed by atoms with Crippen molar-refractivity contribution in [3.8, 4) is 5.75 Å². The number of benzene rings is 1. The predicted octanol–water partition coefficient (Wildman–Crippen LogP) is 3.15. The van der Waals surface area contributed by atoms with Crippen LogP contribution in [0.15, 0.2) is 23.0 Å². The lowest BCUT2D eigenvalue weighted by Crippen LogP contribution is -2.35. The highest BCUT2D eigenvalue weighted by Gasteiger charge is 2.24. The molecule has 3 heterocycles. The van der Waals surface area contributed by atoms with E-state index < -0.39 is 0 Å². The number of rotatable bonds is 7. The van der Waals surface area contributed by atoms with Gasteiger partial charge in [-0.05, 0) is 50.7 Å². The Morgan fingerprint density at radius 2 is 1.94 bits per heavy atom. The molecule has 3 aromatic rings. The first-order chi connectivity index (χ1) is 15.7. The third kappa shape index (κ3) is 4.18. The van der Waals surface area contributed by atoms with Crippen LogP contribution in [0.25, 0.3) is 10.2 Å². The van der Waals surface area contributed by atoms with E-state index in [4.69, 9.17) is 9.72 Å². The van der Waals surface area contributed by atoms with Crippen molar-refractivity contribution in [2.45, 2.75) is 40.8 Å². The smallest absolute Gasteiger partial charge is 0.264 e. The number of nitrogens with zero attached hydrogens (tertiary/aromatic N) is 4. The van der Waals surface area contributed by atoms with Gasteiger partial charge < -0.3 is 9.64 Å². The first-order valence-electron chi connectivity index (χ1n) is 11.0. The summed E-state index contributed by atoms with van der Waals surface area (Å²) in [6, 6.07) is 5.01. The lowest BCUT2D eigenvalue weighted by molar-refractivity contribution is -0.120. The van der Waals surface area contributed by atoms with Gasteiger partial charge in [-0.15, -0.1) is 11.3 Å². The summed E-state index contributed by atoms with van der Waals surface area (Å²) in [5, 5.41) is 0.581. The molecule has 1 aromatic carbocycles. The van der Waals surface area contributed by atoms with Crippen molar-refractivity contribution < 1.29 is 14.3 Å². The molecule has 174 valence electrons. The van der Waals surface area contributed by atoms with Crippen LogP contribution >= 0.6 is 11.3 Å². The Balaban J connectivity index is 1.76. The average Bonchev–Trinajstić information content (AvgIpc) is 3.09. The number of carbonyl (C=O) groups is 2. The van der Waals surface area contributed by atoms with Gasteiger partial charge in [-0.1, -0.05) is 13.8 Å². The summed E-state index contributed by atoms with van der Waals surface area (Å²) in [6.45, 7) is 9.98. The number of likely N-dealkylation sites (N-methyl/N-ethyl adjacent to an activating group) is 1. The fraction of sp³-hybridized carbons (Fsp3) is 0.417. The highest BCUT2D eigenvalue weighted by atomic mass is 32.1. The molecule has 1 amide bonds. The molecule has 1 aliphatic heterocycles. The van der Waals surface area contributed by atoms with Gasteiger partial charge in [0.15, 0.2) is 12.4 Å². The molecule has 2 aromatic heterocycles. The molecule has 0 saturated heterocycles. The molecule has 0 unspecified atom stereocenters. The molecule has 0 saturated carbocycles. The van der Waals surface area contributed by atoms with Gasteiger partial charge >= 0.3 is 0 Å². The van der Waals surface area contributed by atoms with Crippen LogP contribution in [0, 0.1) is 13.8 Å². The van der Waals surface area contributed by atoms with Crippen molar-refractivity contribution in [2.24, 2.45) is 0 Å². The van der Waals surface area contributed by atoms with Crippen LogP contribution in [0.3, 0.4) is 0 Å². The standard InChI is InChI=1S/C24H28N4O4S/c1-6-27(7-2)12-20-25-23-22(14(3)15(4)33-23)24(31)28(20)11-18(29)16-8-9-19-17(10-16)26(5)21(30)13-32-19/h8-10H,6-7,11-13H2,1-5H3. The van der Waals surface area contributed by atoms with Crippen LogP contribution in [0.2, 0.25) is 0 Å². The van der Waals surface area contributed by atoms with Crippen LogP contribution in [-0.2, 0) is 17.9 Å². The van der Waals surface area contributed by atoms with Gasteiger partial charge in [-0.25, -0.2) is 4.98 Å². The molecule has 0 radical (unpaired) electrons. The Morgan fingerprint density at radius 1 is 1.21 bits per heavy atom. The topological polar surface area (TPSA) is 84.7 Å². The lowest BCUT2D eigenvalue weighted by Gasteiger charge is -2.26. The summed E-state index contributed by atoms with van der Waals surface area (Å²) in [7, 11) is 1.66. The second-order valence-corrected chi connectivity index (χ2v) is 9.39. The summed E-state index contributed by atoms with van der Waals surface area (Å²) >= 11 is 1.51. The third-order valence-corrected chi connectivity index (χ3v) is 7.40. The fourth-order valence-electron chi connectivity index (χ4n) is 3.98. The van der Waals surface area contributed by atoms with E-state index in [-0.39, 0.29) is 30.4 Å². The molecule has 8 nitrogen and oxygen atoms in total. The number of amides is 1. The highest BCUT2D eigenvalue weighted by molar-refractivity contribution is 7.18. The van der Waals surface area contributed by atoms with Crippen LogP contribution in [0.1, 0.15) is 40.5 Å². The van der Waals surface area contributed by atoms with Gasteiger partial charge in [0.25, 0.3) is 11.5 Å². The van der Waals surface area contributed by atoms with Crippen molar-refractivity contribution in [1.82, 2.24) is 14.5 Å². The van der Waals surface area contributed by atoms with Gasteiger partial charge in [0.05, 0.1) is 24.2 Å². The number of aromatic nitrogens is 2. The second-order valence-electron chi connectivity index (χ2n) is 8.19. The normalized spacial score (nSPS) is 13.5. The van der Waals surface area contributed by atoms with E-state index in [1.165, 1.54) is 20.8 Å². The molecule has 0 fully saturated rings. The van der Waals surface area contributed by atoms with Crippen molar-refractivity contribution in [1.29, 1.82) is 0 Å². The van der Waals surface area contributed by atoms with E-state index in [1.807, 2.05) is 13.8 Å². The Hall–Kier alpha value is -3.04.